The maximum Gasteiger partial charge on any atom is 0.225 e. The first kappa shape index (κ1) is 20.4. The zero-order chi connectivity index (χ0) is 20.5. The van der Waals surface area contributed by atoms with Crippen molar-refractivity contribution in [3.05, 3.63) is 60.2 Å². The number of benzene rings is 2. The van der Waals surface area contributed by atoms with Crippen molar-refractivity contribution in [3.8, 4) is 22.8 Å². The number of ether oxygens (including phenoxy) is 3. The van der Waals surface area contributed by atoms with Crippen LogP contribution >= 0.6 is 0 Å². The Morgan fingerprint density at radius 3 is 2.34 bits per heavy atom. The third-order valence-electron chi connectivity index (χ3n) is 4.31. The fourth-order valence-electron chi connectivity index (χ4n) is 2.82. The SMILES string of the molecule is COCCNc1nc(NCc2ccc(OC)c(OC)c2)cc(-c2ccccc2)n1. The minimum Gasteiger partial charge on any atom is -0.493 e. The van der Waals surface area contributed by atoms with Crippen molar-refractivity contribution in [2.45, 2.75) is 6.54 Å². The molecule has 0 saturated heterocycles. The monoisotopic (exact) mass is 394 g/mol. The minimum absolute atomic E-state index is 0.554. The van der Waals surface area contributed by atoms with Gasteiger partial charge in [-0.3, -0.25) is 0 Å². The summed E-state index contributed by atoms with van der Waals surface area (Å²) in [6.07, 6.45) is 0. The van der Waals surface area contributed by atoms with Crippen LogP contribution in [0.15, 0.2) is 54.6 Å². The Bertz CT molecular complexity index is 919. The standard InChI is InChI=1S/C22H26N4O3/c1-27-12-11-23-22-25-18(17-7-5-4-6-8-17)14-21(26-22)24-15-16-9-10-19(28-2)20(13-16)29-3/h4-10,13-14H,11-12,15H2,1-3H3,(H2,23,24,25,26). The summed E-state index contributed by atoms with van der Waals surface area (Å²) in [5.74, 6) is 2.68. The molecule has 3 rings (SSSR count). The summed E-state index contributed by atoms with van der Waals surface area (Å²) in [6, 6.07) is 17.8. The first-order valence-corrected chi connectivity index (χ1v) is 9.35. The number of hydrogen-bond acceptors (Lipinski definition) is 7. The number of anilines is 2. The molecule has 0 radical (unpaired) electrons. The molecule has 152 valence electrons. The van der Waals surface area contributed by atoms with Gasteiger partial charge < -0.3 is 24.8 Å². The van der Waals surface area contributed by atoms with E-state index in [1.165, 1.54) is 0 Å². The van der Waals surface area contributed by atoms with E-state index in [-0.39, 0.29) is 0 Å². The van der Waals surface area contributed by atoms with Gasteiger partial charge in [0.2, 0.25) is 5.95 Å². The second-order valence-electron chi connectivity index (χ2n) is 6.29. The third kappa shape index (κ3) is 5.58. The summed E-state index contributed by atoms with van der Waals surface area (Å²) in [5, 5.41) is 6.58. The van der Waals surface area contributed by atoms with Gasteiger partial charge in [-0.25, -0.2) is 4.98 Å². The van der Waals surface area contributed by atoms with E-state index in [4.69, 9.17) is 14.2 Å². The molecule has 2 N–H and O–H groups in total. The zero-order valence-electron chi connectivity index (χ0n) is 16.9. The van der Waals surface area contributed by atoms with E-state index in [0.29, 0.717) is 37.1 Å². The van der Waals surface area contributed by atoms with Crippen molar-refractivity contribution in [2.75, 3.05) is 45.1 Å². The minimum atomic E-state index is 0.554. The Hall–Kier alpha value is -3.32. The zero-order valence-corrected chi connectivity index (χ0v) is 16.9. The predicted molar refractivity (Wildman–Crippen MR) is 115 cm³/mol. The topological polar surface area (TPSA) is 77.5 Å². The van der Waals surface area contributed by atoms with Crippen LogP contribution in [0, 0.1) is 0 Å². The van der Waals surface area contributed by atoms with Gasteiger partial charge in [0.25, 0.3) is 0 Å². The summed E-state index contributed by atoms with van der Waals surface area (Å²) in [6.45, 7) is 1.79. The van der Waals surface area contributed by atoms with Crippen LogP contribution in [0.1, 0.15) is 5.56 Å². The number of nitrogens with zero attached hydrogens (tertiary/aromatic N) is 2. The lowest BCUT2D eigenvalue weighted by Crippen LogP contribution is -2.12. The van der Waals surface area contributed by atoms with Crippen molar-refractivity contribution in [2.24, 2.45) is 0 Å². The van der Waals surface area contributed by atoms with Gasteiger partial charge in [-0.2, -0.15) is 4.98 Å². The Balaban J connectivity index is 1.81. The maximum absolute atomic E-state index is 5.38. The van der Waals surface area contributed by atoms with Crippen molar-refractivity contribution in [1.29, 1.82) is 0 Å². The van der Waals surface area contributed by atoms with E-state index in [1.54, 1.807) is 21.3 Å². The second-order valence-corrected chi connectivity index (χ2v) is 6.29. The number of hydrogen-bond donors (Lipinski definition) is 2. The lowest BCUT2D eigenvalue weighted by Gasteiger charge is -2.13. The lowest BCUT2D eigenvalue weighted by molar-refractivity contribution is 0.210. The molecule has 1 heterocycles. The highest BCUT2D eigenvalue weighted by molar-refractivity contribution is 5.64. The molecular weight excluding hydrogens is 368 g/mol. The van der Waals surface area contributed by atoms with Gasteiger partial charge in [0.15, 0.2) is 11.5 Å². The first-order valence-electron chi connectivity index (χ1n) is 9.35. The van der Waals surface area contributed by atoms with E-state index < -0.39 is 0 Å². The van der Waals surface area contributed by atoms with Crippen molar-refractivity contribution < 1.29 is 14.2 Å². The smallest absolute Gasteiger partial charge is 0.225 e. The Morgan fingerprint density at radius 1 is 0.828 bits per heavy atom. The number of methoxy groups -OCH3 is 3. The van der Waals surface area contributed by atoms with E-state index >= 15 is 0 Å². The molecule has 7 nitrogen and oxygen atoms in total. The number of nitrogens with one attached hydrogen (secondary N) is 2. The molecule has 0 fully saturated rings. The van der Waals surface area contributed by atoms with Gasteiger partial charge in [0.05, 0.1) is 26.5 Å². The Labute approximate surface area is 171 Å². The fraction of sp³-hybridized carbons (Fsp3) is 0.273. The highest BCUT2D eigenvalue weighted by atomic mass is 16.5. The second kappa shape index (κ2) is 10.3. The maximum atomic E-state index is 5.38. The molecular formula is C22H26N4O3. The van der Waals surface area contributed by atoms with E-state index in [2.05, 4.69) is 20.6 Å². The average molecular weight is 394 g/mol. The van der Waals surface area contributed by atoms with Crippen LogP contribution in [-0.2, 0) is 11.3 Å². The first-order chi connectivity index (χ1) is 14.2. The molecule has 0 atom stereocenters. The lowest BCUT2D eigenvalue weighted by atomic mass is 10.1. The van der Waals surface area contributed by atoms with E-state index in [9.17, 15) is 0 Å². The van der Waals surface area contributed by atoms with Crippen molar-refractivity contribution >= 4 is 11.8 Å². The quantitative estimate of drug-likeness (QED) is 0.506. The summed E-state index contributed by atoms with van der Waals surface area (Å²) in [7, 11) is 4.92. The van der Waals surface area contributed by atoms with E-state index in [0.717, 1.165) is 22.6 Å². The predicted octanol–water partition coefficient (Wildman–Crippen LogP) is 3.83. The molecule has 0 spiro atoms. The molecule has 29 heavy (non-hydrogen) atoms. The van der Waals surface area contributed by atoms with E-state index in [1.807, 2.05) is 54.6 Å². The van der Waals surface area contributed by atoms with Crippen LogP contribution in [0.25, 0.3) is 11.3 Å². The van der Waals surface area contributed by atoms with Crippen LogP contribution in [0.3, 0.4) is 0 Å². The van der Waals surface area contributed by atoms with Gasteiger partial charge in [0, 0.05) is 31.8 Å². The molecule has 0 saturated carbocycles. The molecule has 1 aromatic heterocycles. The summed E-state index contributed by atoms with van der Waals surface area (Å²) < 4.78 is 15.8. The molecule has 0 aliphatic rings. The van der Waals surface area contributed by atoms with Crippen LogP contribution in [0.5, 0.6) is 11.5 Å². The van der Waals surface area contributed by atoms with Crippen LogP contribution < -0.4 is 20.1 Å². The summed E-state index contributed by atoms with van der Waals surface area (Å²) in [5.41, 5.74) is 2.92. The Kier molecular flexibility index (Phi) is 7.24. The summed E-state index contributed by atoms with van der Waals surface area (Å²) >= 11 is 0. The van der Waals surface area contributed by atoms with Crippen LogP contribution in [0.4, 0.5) is 11.8 Å². The number of rotatable bonds is 10. The Morgan fingerprint density at radius 2 is 1.62 bits per heavy atom. The highest BCUT2D eigenvalue weighted by Crippen LogP contribution is 2.28. The third-order valence-corrected chi connectivity index (χ3v) is 4.31. The van der Waals surface area contributed by atoms with Crippen LogP contribution in [-0.4, -0.2) is 44.4 Å². The summed E-state index contributed by atoms with van der Waals surface area (Å²) in [4.78, 5) is 9.20. The molecule has 0 aliphatic heterocycles. The van der Waals surface area contributed by atoms with Crippen LogP contribution in [0.2, 0.25) is 0 Å². The van der Waals surface area contributed by atoms with Gasteiger partial charge in [-0.05, 0) is 17.7 Å². The van der Waals surface area contributed by atoms with Gasteiger partial charge >= 0.3 is 0 Å². The van der Waals surface area contributed by atoms with Gasteiger partial charge in [-0.1, -0.05) is 36.4 Å². The molecule has 2 aromatic carbocycles. The molecule has 0 aliphatic carbocycles. The van der Waals surface area contributed by atoms with Crippen molar-refractivity contribution in [1.82, 2.24) is 9.97 Å². The largest absolute Gasteiger partial charge is 0.493 e. The van der Waals surface area contributed by atoms with Gasteiger partial charge in [-0.15, -0.1) is 0 Å². The fourth-order valence-corrected chi connectivity index (χ4v) is 2.82. The molecule has 0 bridgehead atoms. The van der Waals surface area contributed by atoms with Crippen molar-refractivity contribution in [3.63, 3.8) is 0 Å². The molecule has 0 unspecified atom stereocenters. The number of aromatic nitrogens is 2. The van der Waals surface area contributed by atoms with Gasteiger partial charge in [0.1, 0.15) is 5.82 Å². The molecule has 3 aromatic rings. The molecule has 0 amide bonds. The highest BCUT2D eigenvalue weighted by Gasteiger charge is 2.08. The molecule has 7 heteroatoms. The average Bonchev–Trinajstić information content (AvgIpc) is 2.78. The normalized spacial score (nSPS) is 10.4.